The first-order chi connectivity index (χ1) is 15.4. The Bertz CT molecular complexity index is 877. The number of rotatable bonds is 11. The topological polar surface area (TPSA) is 53.0 Å². The Morgan fingerprint density at radius 1 is 1.34 bits per heavy atom. The van der Waals surface area contributed by atoms with Crippen molar-refractivity contribution in [2.75, 3.05) is 32.8 Å². The summed E-state index contributed by atoms with van der Waals surface area (Å²) >= 11 is 1.75. The lowest BCUT2D eigenvalue weighted by Gasteiger charge is -2.37. The van der Waals surface area contributed by atoms with E-state index in [1.54, 1.807) is 17.4 Å². The fourth-order valence-corrected chi connectivity index (χ4v) is 5.02. The molecule has 2 aromatic rings. The maximum absolute atomic E-state index is 13.3. The Morgan fingerprint density at radius 2 is 2.09 bits per heavy atom. The van der Waals surface area contributed by atoms with Gasteiger partial charge in [-0.25, -0.2) is 0 Å². The molecule has 0 spiro atoms. The van der Waals surface area contributed by atoms with E-state index in [2.05, 4.69) is 44.0 Å². The summed E-state index contributed by atoms with van der Waals surface area (Å²) in [4.78, 5) is 18.6. The average molecular weight is 457 g/mol. The molecule has 0 aliphatic carbocycles. The molecule has 0 saturated carbocycles. The molecule has 3 rings (SSSR count). The van der Waals surface area contributed by atoms with E-state index in [0.717, 1.165) is 12.2 Å². The number of benzene rings is 1. The van der Waals surface area contributed by atoms with Gasteiger partial charge in [0.25, 0.3) is 0 Å². The maximum Gasteiger partial charge on any atom is 0.237 e. The molecule has 1 aliphatic heterocycles. The Labute approximate surface area is 196 Å². The third-order valence-corrected chi connectivity index (χ3v) is 7.05. The number of fused-ring (bicyclic) bond motifs is 1. The molecular weight excluding hydrogens is 420 g/mol. The molecule has 0 fully saturated rings. The van der Waals surface area contributed by atoms with E-state index in [-0.39, 0.29) is 18.5 Å². The second-order valence-corrected chi connectivity index (χ2v) is 9.73. The minimum absolute atomic E-state index is 0.0655. The van der Waals surface area contributed by atoms with Crippen LogP contribution in [0.15, 0.2) is 48.4 Å². The van der Waals surface area contributed by atoms with E-state index < -0.39 is 6.10 Å². The van der Waals surface area contributed by atoms with Gasteiger partial charge in [0.1, 0.15) is 12.4 Å². The van der Waals surface area contributed by atoms with Gasteiger partial charge in [-0.15, -0.1) is 17.9 Å². The Hall–Kier alpha value is -2.15. The van der Waals surface area contributed by atoms with E-state index in [0.29, 0.717) is 38.6 Å². The summed E-state index contributed by atoms with van der Waals surface area (Å²) in [6, 6.07) is 10.2. The van der Waals surface area contributed by atoms with Crippen LogP contribution in [-0.4, -0.2) is 59.7 Å². The number of aliphatic hydroxyl groups excluding tert-OH is 1. The minimum Gasteiger partial charge on any atom is -0.491 e. The molecule has 174 valence electrons. The van der Waals surface area contributed by atoms with Gasteiger partial charge in [-0.2, -0.15) is 0 Å². The summed E-state index contributed by atoms with van der Waals surface area (Å²) in [7, 11) is 0. The van der Waals surface area contributed by atoms with Gasteiger partial charge in [0.2, 0.25) is 5.91 Å². The highest BCUT2D eigenvalue weighted by Crippen LogP contribution is 2.34. The molecule has 0 saturated heterocycles. The Kier molecular flexibility index (Phi) is 8.91. The van der Waals surface area contributed by atoms with Crippen molar-refractivity contribution in [2.45, 2.75) is 51.7 Å². The van der Waals surface area contributed by atoms with Crippen LogP contribution in [0, 0.1) is 0 Å². The van der Waals surface area contributed by atoms with Crippen molar-refractivity contribution in [3.63, 3.8) is 0 Å². The predicted octanol–water partition coefficient (Wildman–Crippen LogP) is 4.64. The molecule has 6 heteroatoms. The van der Waals surface area contributed by atoms with Crippen molar-refractivity contribution in [3.05, 3.63) is 64.4 Å². The van der Waals surface area contributed by atoms with Crippen LogP contribution in [0.2, 0.25) is 0 Å². The van der Waals surface area contributed by atoms with E-state index in [1.807, 2.05) is 28.9 Å². The fourth-order valence-electron chi connectivity index (χ4n) is 4.09. The number of hydrogen-bond acceptors (Lipinski definition) is 5. The van der Waals surface area contributed by atoms with Crippen molar-refractivity contribution in [1.29, 1.82) is 0 Å². The van der Waals surface area contributed by atoms with Crippen molar-refractivity contribution in [1.82, 2.24) is 9.80 Å². The summed E-state index contributed by atoms with van der Waals surface area (Å²) in [6.45, 7) is 12.5. The highest BCUT2D eigenvalue weighted by atomic mass is 32.1. The summed E-state index contributed by atoms with van der Waals surface area (Å²) in [5, 5.41) is 12.2. The number of carbonyl (C=O) groups is 1. The zero-order valence-corrected chi connectivity index (χ0v) is 20.3. The SMILES string of the molecule is C=CCN(CC(=O)N1CCc2sccc2[C@@H]1COc1ccc(C(C)C)cc1)C[C@@H](O)CC. The van der Waals surface area contributed by atoms with Gasteiger partial charge in [-0.3, -0.25) is 9.69 Å². The maximum atomic E-state index is 13.3. The summed E-state index contributed by atoms with van der Waals surface area (Å²) in [5.74, 6) is 1.37. The van der Waals surface area contributed by atoms with Crippen LogP contribution >= 0.6 is 11.3 Å². The quantitative estimate of drug-likeness (QED) is 0.501. The van der Waals surface area contributed by atoms with Crippen LogP contribution in [0.1, 0.15) is 55.2 Å². The first-order valence-electron chi connectivity index (χ1n) is 11.5. The number of thiophene rings is 1. The second-order valence-electron chi connectivity index (χ2n) is 8.73. The van der Waals surface area contributed by atoms with Crippen molar-refractivity contribution < 1.29 is 14.6 Å². The third-order valence-electron chi connectivity index (χ3n) is 6.06. The zero-order chi connectivity index (χ0) is 23.1. The van der Waals surface area contributed by atoms with Crippen molar-refractivity contribution in [2.24, 2.45) is 0 Å². The van der Waals surface area contributed by atoms with Gasteiger partial charge < -0.3 is 14.7 Å². The summed E-state index contributed by atoms with van der Waals surface area (Å²) in [6.07, 6.45) is 2.87. The number of ether oxygens (including phenoxy) is 1. The van der Waals surface area contributed by atoms with Gasteiger partial charge in [-0.1, -0.05) is 39.0 Å². The highest BCUT2D eigenvalue weighted by molar-refractivity contribution is 7.10. The molecule has 0 bridgehead atoms. The van der Waals surface area contributed by atoms with Crippen LogP contribution in [0.3, 0.4) is 0 Å². The van der Waals surface area contributed by atoms with E-state index in [9.17, 15) is 9.90 Å². The van der Waals surface area contributed by atoms with E-state index in [4.69, 9.17) is 4.74 Å². The number of amides is 1. The lowest BCUT2D eigenvalue weighted by molar-refractivity contribution is -0.136. The van der Waals surface area contributed by atoms with Crippen LogP contribution in [-0.2, 0) is 11.2 Å². The first kappa shape index (κ1) is 24.5. The second kappa shape index (κ2) is 11.6. The smallest absolute Gasteiger partial charge is 0.237 e. The van der Waals surface area contributed by atoms with Gasteiger partial charge in [0.15, 0.2) is 0 Å². The normalized spacial score (nSPS) is 16.8. The molecule has 1 aromatic heterocycles. The number of hydrogen-bond donors (Lipinski definition) is 1. The van der Waals surface area contributed by atoms with Crippen LogP contribution < -0.4 is 4.74 Å². The third kappa shape index (κ3) is 6.21. The number of carbonyl (C=O) groups excluding carboxylic acids is 1. The minimum atomic E-state index is -0.444. The molecule has 32 heavy (non-hydrogen) atoms. The number of aliphatic hydroxyl groups is 1. The molecule has 0 unspecified atom stereocenters. The standard InChI is InChI=1S/C26H36N2O3S/c1-5-13-27(16-21(29)6-2)17-26(30)28-14-11-25-23(12-15-32-25)24(28)18-31-22-9-7-20(8-10-22)19(3)4/h5,7-10,12,15,19,21,24,29H,1,6,11,13-14,16-18H2,2-4H3/t21-,24-/m0/s1. The van der Waals surface area contributed by atoms with E-state index >= 15 is 0 Å². The largest absolute Gasteiger partial charge is 0.491 e. The van der Waals surface area contributed by atoms with Gasteiger partial charge in [0, 0.05) is 24.5 Å². The lowest BCUT2D eigenvalue weighted by atomic mass is 10.00. The molecule has 1 amide bonds. The molecule has 5 nitrogen and oxygen atoms in total. The van der Waals surface area contributed by atoms with Crippen LogP contribution in [0.25, 0.3) is 0 Å². The molecule has 1 aliphatic rings. The molecule has 1 N–H and O–H groups in total. The molecule has 1 aromatic carbocycles. The molecule has 2 atom stereocenters. The summed E-state index contributed by atoms with van der Waals surface area (Å²) < 4.78 is 6.16. The highest BCUT2D eigenvalue weighted by Gasteiger charge is 2.33. The summed E-state index contributed by atoms with van der Waals surface area (Å²) in [5.41, 5.74) is 2.47. The fraction of sp³-hybridized carbons (Fsp3) is 0.500. The number of nitrogens with zero attached hydrogens (tertiary/aromatic N) is 2. The molecule has 0 radical (unpaired) electrons. The van der Waals surface area contributed by atoms with Crippen LogP contribution in [0.5, 0.6) is 5.75 Å². The predicted molar refractivity (Wildman–Crippen MR) is 131 cm³/mol. The first-order valence-corrected chi connectivity index (χ1v) is 12.4. The van der Waals surface area contributed by atoms with Crippen molar-refractivity contribution >= 4 is 17.2 Å². The Morgan fingerprint density at radius 3 is 2.75 bits per heavy atom. The molecule has 2 heterocycles. The Balaban J connectivity index is 1.72. The lowest BCUT2D eigenvalue weighted by Crippen LogP contribution is -2.47. The molecular formula is C26H36N2O3S. The zero-order valence-electron chi connectivity index (χ0n) is 19.5. The van der Waals surface area contributed by atoms with Crippen LogP contribution in [0.4, 0.5) is 0 Å². The van der Waals surface area contributed by atoms with Gasteiger partial charge in [0.05, 0.1) is 18.7 Å². The van der Waals surface area contributed by atoms with Gasteiger partial charge in [-0.05, 0) is 53.5 Å². The van der Waals surface area contributed by atoms with Gasteiger partial charge >= 0.3 is 0 Å². The average Bonchev–Trinajstić information content (AvgIpc) is 3.26. The van der Waals surface area contributed by atoms with Crippen molar-refractivity contribution in [3.8, 4) is 5.75 Å². The van der Waals surface area contributed by atoms with E-state index in [1.165, 1.54) is 16.0 Å². The monoisotopic (exact) mass is 456 g/mol.